The van der Waals surface area contributed by atoms with Crippen LogP contribution in [0.3, 0.4) is 0 Å². The zero-order valence-corrected chi connectivity index (χ0v) is 16.3. The van der Waals surface area contributed by atoms with Crippen molar-refractivity contribution in [1.29, 1.82) is 0 Å². The van der Waals surface area contributed by atoms with Crippen molar-refractivity contribution >= 4 is 11.6 Å². The number of benzene rings is 2. The van der Waals surface area contributed by atoms with E-state index in [4.69, 9.17) is 4.74 Å². The molecule has 144 valence electrons. The van der Waals surface area contributed by atoms with E-state index in [-0.39, 0.29) is 17.6 Å². The van der Waals surface area contributed by atoms with Gasteiger partial charge in [-0.3, -0.25) is 4.79 Å². The molecule has 1 fully saturated rings. The third-order valence-electron chi connectivity index (χ3n) is 5.53. The normalized spacial score (nSPS) is 16.0. The molecule has 1 N–H and O–H groups in total. The summed E-state index contributed by atoms with van der Waals surface area (Å²) in [6.45, 7) is 5.93. The van der Waals surface area contributed by atoms with Gasteiger partial charge in [0.2, 0.25) is 0 Å². The Kier molecular flexibility index (Phi) is 6.15. The lowest BCUT2D eigenvalue weighted by Gasteiger charge is -2.28. The standard InChI is InChI=1S/C23H28FNO2/c1-15-8-7-9-16(2)22(15)25-23(26)20-14-19(24)12-13-21(20)27-17(3)18-10-5-4-6-11-18/h7-9,12-14,17-18H,4-6,10-11H2,1-3H3,(H,25,26). The topological polar surface area (TPSA) is 38.3 Å². The number of hydrogen-bond acceptors (Lipinski definition) is 2. The van der Waals surface area contributed by atoms with Crippen LogP contribution in [0.5, 0.6) is 5.75 Å². The van der Waals surface area contributed by atoms with Crippen LogP contribution in [0.4, 0.5) is 10.1 Å². The predicted octanol–water partition coefficient (Wildman–Crippen LogP) is 6.04. The minimum atomic E-state index is -0.445. The van der Waals surface area contributed by atoms with Gasteiger partial charge in [-0.15, -0.1) is 0 Å². The van der Waals surface area contributed by atoms with E-state index < -0.39 is 5.82 Å². The van der Waals surface area contributed by atoms with Crippen molar-refractivity contribution < 1.29 is 13.9 Å². The molecule has 0 bridgehead atoms. The molecule has 0 radical (unpaired) electrons. The lowest BCUT2D eigenvalue weighted by Crippen LogP contribution is -2.27. The average Bonchev–Trinajstić information content (AvgIpc) is 2.66. The van der Waals surface area contributed by atoms with Crippen LogP contribution in [0, 0.1) is 25.6 Å². The highest BCUT2D eigenvalue weighted by atomic mass is 19.1. The van der Waals surface area contributed by atoms with Crippen LogP contribution in [-0.4, -0.2) is 12.0 Å². The number of nitrogens with one attached hydrogen (secondary N) is 1. The monoisotopic (exact) mass is 369 g/mol. The highest BCUT2D eigenvalue weighted by Crippen LogP contribution is 2.31. The number of halogens is 1. The van der Waals surface area contributed by atoms with Gasteiger partial charge in [-0.2, -0.15) is 0 Å². The number of anilines is 1. The van der Waals surface area contributed by atoms with E-state index in [1.165, 1.54) is 31.4 Å². The minimum absolute atomic E-state index is 0.00232. The summed E-state index contributed by atoms with van der Waals surface area (Å²) in [6, 6.07) is 10.00. The Hall–Kier alpha value is -2.36. The van der Waals surface area contributed by atoms with Crippen molar-refractivity contribution in [2.24, 2.45) is 5.92 Å². The fraction of sp³-hybridized carbons (Fsp3) is 0.435. The molecule has 0 heterocycles. The molecule has 0 spiro atoms. The molecule has 3 rings (SSSR count). The molecule has 0 aromatic heterocycles. The quantitative estimate of drug-likeness (QED) is 0.697. The van der Waals surface area contributed by atoms with Crippen LogP contribution >= 0.6 is 0 Å². The fourth-order valence-corrected chi connectivity index (χ4v) is 3.87. The summed E-state index contributed by atoms with van der Waals surface area (Å²) in [4.78, 5) is 12.9. The summed E-state index contributed by atoms with van der Waals surface area (Å²) in [5, 5.41) is 2.93. The van der Waals surface area contributed by atoms with E-state index in [1.807, 2.05) is 39.0 Å². The number of amides is 1. The number of aryl methyl sites for hydroxylation is 2. The molecule has 2 aromatic carbocycles. The van der Waals surface area contributed by atoms with Crippen LogP contribution in [0.25, 0.3) is 0 Å². The summed E-state index contributed by atoms with van der Waals surface area (Å²) >= 11 is 0. The van der Waals surface area contributed by atoms with Crippen molar-refractivity contribution in [2.45, 2.75) is 59.0 Å². The van der Waals surface area contributed by atoms with Crippen molar-refractivity contribution in [1.82, 2.24) is 0 Å². The van der Waals surface area contributed by atoms with E-state index >= 15 is 0 Å². The van der Waals surface area contributed by atoms with Crippen LogP contribution in [0.1, 0.15) is 60.5 Å². The first-order valence-electron chi connectivity index (χ1n) is 9.79. The lowest BCUT2D eigenvalue weighted by atomic mass is 9.86. The van der Waals surface area contributed by atoms with Crippen molar-refractivity contribution in [3.05, 3.63) is 58.9 Å². The van der Waals surface area contributed by atoms with Gasteiger partial charge in [0.15, 0.2) is 0 Å². The third kappa shape index (κ3) is 4.68. The Balaban J connectivity index is 1.82. The average molecular weight is 369 g/mol. The molecule has 2 aromatic rings. The Morgan fingerprint density at radius 2 is 1.78 bits per heavy atom. The van der Waals surface area contributed by atoms with Gasteiger partial charge in [0.05, 0.1) is 11.7 Å². The highest BCUT2D eigenvalue weighted by Gasteiger charge is 2.24. The van der Waals surface area contributed by atoms with Crippen molar-refractivity contribution in [3.63, 3.8) is 0 Å². The van der Waals surface area contributed by atoms with E-state index in [0.717, 1.165) is 29.7 Å². The van der Waals surface area contributed by atoms with Crippen LogP contribution in [-0.2, 0) is 0 Å². The summed E-state index contributed by atoms with van der Waals surface area (Å²) < 4.78 is 20.0. The lowest BCUT2D eigenvalue weighted by molar-refractivity contribution is 0.0997. The van der Waals surface area contributed by atoms with Crippen molar-refractivity contribution in [2.75, 3.05) is 5.32 Å². The number of rotatable bonds is 5. The van der Waals surface area contributed by atoms with Crippen molar-refractivity contribution in [3.8, 4) is 5.75 Å². The second kappa shape index (κ2) is 8.55. The Morgan fingerprint density at radius 1 is 1.11 bits per heavy atom. The number of carbonyl (C=O) groups is 1. The molecule has 1 unspecified atom stereocenters. The molecule has 1 saturated carbocycles. The first-order valence-corrected chi connectivity index (χ1v) is 9.79. The van der Waals surface area contributed by atoms with Gasteiger partial charge >= 0.3 is 0 Å². The first-order chi connectivity index (χ1) is 13.0. The number of carbonyl (C=O) groups excluding carboxylic acids is 1. The summed E-state index contributed by atoms with van der Waals surface area (Å²) in [5.41, 5.74) is 2.94. The Labute approximate surface area is 160 Å². The molecule has 27 heavy (non-hydrogen) atoms. The summed E-state index contributed by atoms with van der Waals surface area (Å²) in [5.74, 6) is 0.133. The molecule has 0 aliphatic heterocycles. The largest absolute Gasteiger partial charge is 0.490 e. The van der Waals surface area contributed by atoms with E-state index in [0.29, 0.717) is 11.7 Å². The molecule has 1 atom stereocenters. The number of para-hydroxylation sites is 1. The molecule has 4 heteroatoms. The predicted molar refractivity (Wildman–Crippen MR) is 107 cm³/mol. The van der Waals surface area contributed by atoms with Gasteiger partial charge in [0, 0.05) is 5.69 Å². The minimum Gasteiger partial charge on any atom is -0.490 e. The highest BCUT2D eigenvalue weighted by molar-refractivity contribution is 6.06. The maximum Gasteiger partial charge on any atom is 0.259 e. The molecular weight excluding hydrogens is 341 g/mol. The van der Waals surface area contributed by atoms with Crippen LogP contribution < -0.4 is 10.1 Å². The van der Waals surface area contributed by atoms with Gasteiger partial charge in [-0.05, 0) is 68.9 Å². The van der Waals surface area contributed by atoms with Gasteiger partial charge in [-0.1, -0.05) is 37.5 Å². The van der Waals surface area contributed by atoms with E-state index in [9.17, 15) is 9.18 Å². The summed E-state index contributed by atoms with van der Waals surface area (Å²) in [6.07, 6.45) is 6.02. The van der Waals surface area contributed by atoms with E-state index in [2.05, 4.69) is 5.32 Å². The second-order valence-electron chi connectivity index (χ2n) is 7.58. The zero-order valence-electron chi connectivity index (χ0n) is 16.3. The van der Waals surface area contributed by atoms with Crippen LogP contribution in [0.2, 0.25) is 0 Å². The Morgan fingerprint density at radius 3 is 2.44 bits per heavy atom. The molecule has 3 nitrogen and oxygen atoms in total. The molecule has 0 saturated heterocycles. The maximum absolute atomic E-state index is 13.9. The van der Waals surface area contributed by atoms with Gasteiger partial charge in [0.25, 0.3) is 5.91 Å². The van der Waals surface area contributed by atoms with E-state index in [1.54, 1.807) is 6.07 Å². The number of ether oxygens (including phenoxy) is 1. The maximum atomic E-state index is 13.9. The molecule has 1 aliphatic carbocycles. The first kappa shape index (κ1) is 19.4. The second-order valence-corrected chi connectivity index (χ2v) is 7.58. The third-order valence-corrected chi connectivity index (χ3v) is 5.53. The smallest absolute Gasteiger partial charge is 0.259 e. The Bertz CT molecular complexity index is 792. The fourth-order valence-electron chi connectivity index (χ4n) is 3.87. The van der Waals surface area contributed by atoms with Gasteiger partial charge in [0.1, 0.15) is 11.6 Å². The van der Waals surface area contributed by atoms with Gasteiger partial charge in [-0.25, -0.2) is 4.39 Å². The van der Waals surface area contributed by atoms with Gasteiger partial charge < -0.3 is 10.1 Å². The number of hydrogen-bond donors (Lipinski definition) is 1. The summed E-state index contributed by atoms with van der Waals surface area (Å²) in [7, 11) is 0. The molecule has 1 amide bonds. The molecule has 1 aliphatic rings. The zero-order chi connectivity index (χ0) is 19.4. The molecular formula is C23H28FNO2. The SMILES string of the molecule is Cc1cccc(C)c1NC(=O)c1cc(F)ccc1OC(C)C1CCCCC1. The van der Waals surface area contributed by atoms with Crippen LogP contribution in [0.15, 0.2) is 36.4 Å².